The molecule has 1 heterocycles. The van der Waals surface area contributed by atoms with Crippen LogP contribution in [0.15, 0.2) is 48.5 Å². The minimum atomic E-state index is -0.263. The number of nitrogens with zero attached hydrogens (tertiary/aromatic N) is 2. The molecule has 2 N–H and O–H groups in total. The van der Waals surface area contributed by atoms with Crippen LogP contribution in [0.3, 0.4) is 0 Å². The molecule has 1 amide bonds. The van der Waals surface area contributed by atoms with Gasteiger partial charge in [-0.2, -0.15) is 0 Å². The van der Waals surface area contributed by atoms with Crippen LogP contribution in [0.4, 0.5) is 11.6 Å². The fourth-order valence-electron chi connectivity index (χ4n) is 2.74. The lowest BCUT2D eigenvalue weighted by Gasteiger charge is -2.12. The molecule has 0 saturated carbocycles. The highest BCUT2D eigenvalue weighted by Crippen LogP contribution is 2.30. The molecule has 3 aromatic rings. The van der Waals surface area contributed by atoms with E-state index < -0.39 is 0 Å². The maximum Gasteiger partial charge on any atom is 0.270 e. The summed E-state index contributed by atoms with van der Waals surface area (Å²) in [5, 5.41) is 6.00. The fraction of sp³-hybridized carbons (Fsp3) is 0.227. The second kappa shape index (κ2) is 9.05. The Morgan fingerprint density at radius 2 is 1.72 bits per heavy atom. The van der Waals surface area contributed by atoms with E-state index in [-0.39, 0.29) is 5.91 Å². The van der Waals surface area contributed by atoms with Crippen LogP contribution >= 0.6 is 0 Å². The number of benzene rings is 2. The molecular formula is C22H24N4O3. The lowest BCUT2D eigenvalue weighted by atomic mass is 10.1. The van der Waals surface area contributed by atoms with Crippen molar-refractivity contribution in [2.24, 2.45) is 0 Å². The first-order valence-electron chi connectivity index (χ1n) is 9.17. The summed E-state index contributed by atoms with van der Waals surface area (Å²) in [5.41, 5.74) is 3.84. The van der Waals surface area contributed by atoms with Gasteiger partial charge in [-0.15, -0.1) is 0 Å². The Balaban J connectivity index is 1.75. The average Bonchev–Trinajstić information content (AvgIpc) is 2.73. The van der Waals surface area contributed by atoms with Crippen LogP contribution in [0.2, 0.25) is 0 Å². The molecule has 1 aromatic heterocycles. The third-order valence-corrected chi connectivity index (χ3v) is 4.32. The van der Waals surface area contributed by atoms with Gasteiger partial charge in [0.05, 0.1) is 19.9 Å². The van der Waals surface area contributed by atoms with Crippen molar-refractivity contribution in [2.75, 3.05) is 19.5 Å². The first kappa shape index (κ1) is 20.1. The number of hydrogen-bond donors (Lipinski definition) is 2. The van der Waals surface area contributed by atoms with Gasteiger partial charge < -0.3 is 20.1 Å². The summed E-state index contributed by atoms with van der Waals surface area (Å²) < 4.78 is 10.6. The molecule has 0 bridgehead atoms. The molecule has 7 heteroatoms. The summed E-state index contributed by atoms with van der Waals surface area (Å²) in [6, 6.07) is 15.0. The van der Waals surface area contributed by atoms with Gasteiger partial charge in [0.25, 0.3) is 5.91 Å². The number of carbonyl (C=O) groups excluding carboxylic acids is 1. The molecule has 150 valence electrons. The predicted molar refractivity (Wildman–Crippen MR) is 112 cm³/mol. The van der Waals surface area contributed by atoms with Crippen LogP contribution in [-0.2, 0) is 6.54 Å². The second-order valence-corrected chi connectivity index (χ2v) is 6.58. The standard InChI is InChI=1S/C22H24N4O3/c1-14-5-7-16(8-6-14)13-23-21(27)19-11-15(2)24-22(26-19)25-18-10-9-17(28-3)12-20(18)29-4/h5-12H,13H2,1-4H3,(H,23,27)(H,24,25,26). The van der Waals surface area contributed by atoms with Crippen molar-refractivity contribution in [3.63, 3.8) is 0 Å². The van der Waals surface area contributed by atoms with Crippen molar-refractivity contribution in [2.45, 2.75) is 20.4 Å². The van der Waals surface area contributed by atoms with Crippen molar-refractivity contribution < 1.29 is 14.3 Å². The smallest absolute Gasteiger partial charge is 0.270 e. The average molecular weight is 392 g/mol. The summed E-state index contributed by atoms with van der Waals surface area (Å²) >= 11 is 0. The van der Waals surface area contributed by atoms with E-state index in [4.69, 9.17) is 9.47 Å². The first-order chi connectivity index (χ1) is 14.0. The van der Waals surface area contributed by atoms with Crippen molar-refractivity contribution in [1.82, 2.24) is 15.3 Å². The topological polar surface area (TPSA) is 85.4 Å². The van der Waals surface area contributed by atoms with Crippen molar-refractivity contribution >= 4 is 17.5 Å². The summed E-state index contributed by atoms with van der Waals surface area (Å²) in [7, 11) is 3.16. The molecule has 0 saturated heterocycles. The molecule has 0 aliphatic carbocycles. The van der Waals surface area contributed by atoms with E-state index in [1.54, 1.807) is 38.5 Å². The number of methoxy groups -OCH3 is 2. The van der Waals surface area contributed by atoms with Gasteiger partial charge in [-0.3, -0.25) is 4.79 Å². The maximum atomic E-state index is 12.6. The number of rotatable bonds is 7. The zero-order valence-corrected chi connectivity index (χ0v) is 16.9. The fourth-order valence-corrected chi connectivity index (χ4v) is 2.74. The Bertz CT molecular complexity index is 1000. The monoisotopic (exact) mass is 392 g/mol. The van der Waals surface area contributed by atoms with Crippen molar-refractivity contribution in [3.05, 3.63) is 71.0 Å². The highest BCUT2D eigenvalue weighted by Gasteiger charge is 2.12. The van der Waals surface area contributed by atoms with Gasteiger partial charge in [-0.25, -0.2) is 9.97 Å². The number of aromatic nitrogens is 2. The second-order valence-electron chi connectivity index (χ2n) is 6.58. The Morgan fingerprint density at radius 3 is 2.41 bits per heavy atom. The van der Waals surface area contributed by atoms with Gasteiger partial charge in [0, 0.05) is 18.3 Å². The highest BCUT2D eigenvalue weighted by molar-refractivity contribution is 5.92. The van der Waals surface area contributed by atoms with Crippen molar-refractivity contribution in [1.29, 1.82) is 0 Å². The molecule has 0 atom stereocenters. The largest absolute Gasteiger partial charge is 0.497 e. The van der Waals surface area contributed by atoms with Crippen LogP contribution < -0.4 is 20.1 Å². The van der Waals surface area contributed by atoms with Gasteiger partial charge in [-0.1, -0.05) is 29.8 Å². The summed E-state index contributed by atoms with van der Waals surface area (Å²) in [6.45, 7) is 4.27. The molecular weight excluding hydrogens is 368 g/mol. The number of carbonyl (C=O) groups is 1. The highest BCUT2D eigenvalue weighted by atomic mass is 16.5. The zero-order valence-electron chi connectivity index (χ0n) is 16.9. The summed E-state index contributed by atoms with van der Waals surface area (Å²) in [6.07, 6.45) is 0. The van der Waals surface area contributed by atoms with E-state index >= 15 is 0 Å². The molecule has 0 aliphatic rings. The minimum Gasteiger partial charge on any atom is -0.497 e. The molecule has 0 spiro atoms. The van der Waals surface area contributed by atoms with Gasteiger partial charge in [-0.05, 0) is 37.6 Å². The van der Waals surface area contributed by atoms with E-state index in [1.807, 2.05) is 38.1 Å². The van der Waals surface area contributed by atoms with E-state index in [9.17, 15) is 4.79 Å². The van der Waals surface area contributed by atoms with E-state index in [0.717, 1.165) is 5.56 Å². The van der Waals surface area contributed by atoms with E-state index in [1.165, 1.54) is 5.56 Å². The van der Waals surface area contributed by atoms with E-state index in [2.05, 4.69) is 20.6 Å². The third-order valence-electron chi connectivity index (χ3n) is 4.32. The number of amides is 1. The number of anilines is 2. The Hall–Kier alpha value is -3.61. The van der Waals surface area contributed by atoms with Gasteiger partial charge >= 0.3 is 0 Å². The molecule has 0 radical (unpaired) electrons. The molecule has 29 heavy (non-hydrogen) atoms. The van der Waals surface area contributed by atoms with Crippen LogP contribution in [0.5, 0.6) is 11.5 Å². The molecule has 0 fully saturated rings. The van der Waals surface area contributed by atoms with Gasteiger partial charge in [0.1, 0.15) is 17.2 Å². The summed E-state index contributed by atoms with van der Waals surface area (Å²) in [5.74, 6) is 1.31. The lowest BCUT2D eigenvalue weighted by Crippen LogP contribution is -2.24. The Labute approximate surface area is 170 Å². The third kappa shape index (κ3) is 5.22. The van der Waals surface area contributed by atoms with Crippen LogP contribution in [0.1, 0.15) is 27.3 Å². The minimum absolute atomic E-state index is 0.263. The first-order valence-corrected chi connectivity index (χ1v) is 9.17. The molecule has 3 rings (SSSR count). The van der Waals surface area contributed by atoms with Crippen LogP contribution in [0, 0.1) is 13.8 Å². The maximum absolute atomic E-state index is 12.6. The predicted octanol–water partition coefficient (Wildman–Crippen LogP) is 3.78. The van der Waals surface area contributed by atoms with Crippen molar-refractivity contribution in [3.8, 4) is 11.5 Å². The van der Waals surface area contributed by atoms with Crippen LogP contribution in [-0.4, -0.2) is 30.1 Å². The lowest BCUT2D eigenvalue weighted by molar-refractivity contribution is 0.0945. The number of hydrogen-bond acceptors (Lipinski definition) is 6. The molecule has 0 aliphatic heterocycles. The summed E-state index contributed by atoms with van der Waals surface area (Å²) in [4.78, 5) is 21.3. The quantitative estimate of drug-likeness (QED) is 0.636. The zero-order chi connectivity index (χ0) is 20.8. The van der Waals surface area contributed by atoms with Gasteiger partial charge in [0.15, 0.2) is 0 Å². The molecule has 7 nitrogen and oxygen atoms in total. The normalized spacial score (nSPS) is 10.3. The van der Waals surface area contributed by atoms with Crippen LogP contribution in [0.25, 0.3) is 0 Å². The number of ether oxygens (including phenoxy) is 2. The number of nitrogens with one attached hydrogen (secondary N) is 2. The van der Waals surface area contributed by atoms with Gasteiger partial charge in [0.2, 0.25) is 5.95 Å². The van der Waals surface area contributed by atoms with E-state index in [0.29, 0.717) is 41.1 Å². The SMILES string of the molecule is COc1ccc(Nc2nc(C)cc(C(=O)NCc3ccc(C)cc3)n2)c(OC)c1. The molecule has 0 unspecified atom stereocenters. The molecule has 2 aromatic carbocycles. The Kier molecular flexibility index (Phi) is 6.29. The Morgan fingerprint density at radius 1 is 0.966 bits per heavy atom. The number of aryl methyl sites for hydroxylation is 2.